The van der Waals surface area contributed by atoms with Crippen LogP contribution in [0.25, 0.3) is 11.3 Å². The van der Waals surface area contributed by atoms with Gasteiger partial charge in [0, 0.05) is 12.8 Å². The molecular formula is C14H16N2OS. The summed E-state index contributed by atoms with van der Waals surface area (Å²) in [6, 6.07) is 8.21. The van der Waals surface area contributed by atoms with Crippen molar-refractivity contribution >= 4 is 12.2 Å². The molecule has 0 aliphatic rings. The van der Waals surface area contributed by atoms with E-state index >= 15 is 0 Å². The molecule has 0 spiro atoms. The van der Waals surface area contributed by atoms with Crippen molar-refractivity contribution in [2.45, 2.75) is 20.5 Å². The van der Waals surface area contributed by atoms with Crippen LogP contribution in [0.1, 0.15) is 17.0 Å². The normalized spacial score (nSPS) is 10.6. The summed E-state index contributed by atoms with van der Waals surface area (Å²) in [6.07, 6.45) is 0. The maximum absolute atomic E-state index is 5.17. The number of aromatic amines is 1. The highest BCUT2D eigenvalue weighted by Gasteiger charge is 2.03. The number of aromatic nitrogens is 2. The number of nitrogens with one attached hydrogen (secondary N) is 1. The summed E-state index contributed by atoms with van der Waals surface area (Å²) in [5.74, 6) is 0.748. The minimum atomic E-state index is 0.433. The fourth-order valence-corrected chi connectivity index (χ4v) is 2.01. The average molecular weight is 260 g/mol. The van der Waals surface area contributed by atoms with Crippen molar-refractivity contribution < 1.29 is 4.74 Å². The second-order valence-electron chi connectivity index (χ2n) is 4.31. The summed E-state index contributed by atoms with van der Waals surface area (Å²) >= 11 is 5.17. The second-order valence-corrected chi connectivity index (χ2v) is 4.73. The van der Waals surface area contributed by atoms with Crippen LogP contribution in [0.5, 0.6) is 0 Å². The minimum Gasteiger partial charge on any atom is -0.377 e. The van der Waals surface area contributed by atoms with E-state index in [4.69, 9.17) is 17.0 Å². The molecule has 0 unspecified atom stereocenters. The van der Waals surface area contributed by atoms with Crippen molar-refractivity contribution in [2.24, 2.45) is 0 Å². The van der Waals surface area contributed by atoms with E-state index < -0.39 is 0 Å². The predicted molar refractivity (Wildman–Crippen MR) is 75.0 cm³/mol. The molecule has 1 aromatic heterocycles. The lowest BCUT2D eigenvalue weighted by Crippen LogP contribution is -1.99. The molecule has 0 radical (unpaired) electrons. The van der Waals surface area contributed by atoms with Gasteiger partial charge in [-0.05, 0) is 42.7 Å². The van der Waals surface area contributed by atoms with Crippen molar-refractivity contribution in [1.82, 2.24) is 9.97 Å². The van der Waals surface area contributed by atoms with E-state index in [0.29, 0.717) is 11.2 Å². The van der Waals surface area contributed by atoms with Gasteiger partial charge in [0.15, 0.2) is 0 Å². The molecule has 2 rings (SSSR count). The Kier molecular flexibility index (Phi) is 3.89. The number of benzene rings is 1. The lowest BCUT2D eigenvalue weighted by molar-refractivity contribution is 0.177. The number of rotatable bonds is 3. The number of H-pyrrole nitrogens is 1. The Morgan fingerprint density at radius 1 is 1.22 bits per heavy atom. The van der Waals surface area contributed by atoms with E-state index in [9.17, 15) is 0 Å². The van der Waals surface area contributed by atoms with Crippen LogP contribution in [0.4, 0.5) is 0 Å². The molecule has 0 aliphatic carbocycles. The van der Waals surface area contributed by atoms with Crippen molar-refractivity contribution in [3.8, 4) is 11.3 Å². The Bertz CT molecular complexity index is 619. The molecule has 1 aromatic carbocycles. The summed E-state index contributed by atoms with van der Waals surface area (Å²) in [6.45, 7) is 4.64. The van der Waals surface area contributed by atoms with Crippen LogP contribution in [-0.4, -0.2) is 17.1 Å². The number of aryl methyl sites for hydroxylation is 2. The molecule has 18 heavy (non-hydrogen) atoms. The average Bonchev–Trinajstić information content (AvgIpc) is 2.32. The zero-order chi connectivity index (χ0) is 13.1. The van der Waals surface area contributed by atoms with E-state index in [-0.39, 0.29) is 0 Å². The fraction of sp³-hybridized carbons (Fsp3) is 0.286. The van der Waals surface area contributed by atoms with Crippen LogP contribution in [0.3, 0.4) is 0 Å². The zero-order valence-electron chi connectivity index (χ0n) is 10.8. The Morgan fingerprint density at radius 3 is 2.67 bits per heavy atom. The number of hydrogen-bond acceptors (Lipinski definition) is 3. The topological polar surface area (TPSA) is 37.9 Å². The standard InChI is InChI=1S/C14H16N2OS/c1-9-4-5-11(6-10(9)2)12-7-14(18)16-13(15-12)8-17-3/h4-7H,8H2,1-3H3,(H,15,16,18). The predicted octanol–water partition coefficient (Wildman–Crippen LogP) is 3.57. The van der Waals surface area contributed by atoms with E-state index in [1.54, 1.807) is 7.11 Å². The third kappa shape index (κ3) is 2.83. The van der Waals surface area contributed by atoms with Crippen LogP contribution < -0.4 is 0 Å². The number of nitrogens with zero attached hydrogens (tertiary/aromatic N) is 1. The molecule has 0 aliphatic heterocycles. The van der Waals surface area contributed by atoms with Gasteiger partial charge in [-0.2, -0.15) is 0 Å². The fourth-order valence-electron chi connectivity index (χ4n) is 1.78. The first kappa shape index (κ1) is 12.9. The second kappa shape index (κ2) is 5.42. The molecule has 94 valence electrons. The van der Waals surface area contributed by atoms with Gasteiger partial charge in [0.05, 0.1) is 0 Å². The van der Waals surface area contributed by atoms with Gasteiger partial charge in [0.25, 0.3) is 0 Å². The van der Waals surface area contributed by atoms with Gasteiger partial charge in [-0.25, -0.2) is 4.98 Å². The molecule has 0 saturated heterocycles. The molecule has 0 amide bonds. The molecule has 3 nitrogen and oxygen atoms in total. The number of ether oxygens (including phenoxy) is 1. The first-order valence-corrected chi connectivity index (χ1v) is 6.18. The van der Waals surface area contributed by atoms with E-state index in [0.717, 1.165) is 17.1 Å². The third-order valence-electron chi connectivity index (χ3n) is 2.89. The number of hydrogen-bond donors (Lipinski definition) is 1. The highest BCUT2D eigenvalue weighted by molar-refractivity contribution is 7.71. The SMILES string of the molecule is COCc1nc(=S)cc(-c2ccc(C)c(C)c2)[nH]1. The van der Waals surface area contributed by atoms with E-state index in [1.807, 2.05) is 6.07 Å². The monoisotopic (exact) mass is 260 g/mol. The van der Waals surface area contributed by atoms with Gasteiger partial charge >= 0.3 is 0 Å². The van der Waals surface area contributed by atoms with Gasteiger partial charge in [-0.1, -0.05) is 24.4 Å². The van der Waals surface area contributed by atoms with Gasteiger partial charge in [-0.15, -0.1) is 0 Å². The van der Waals surface area contributed by atoms with Gasteiger partial charge in [-0.3, -0.25) is 0 Å². The van der Waals surface area contributed by atoms with Gasteiger partial charge in [0.2, 0.25) is 0 Å². The molecule has 4 heteroatoms. The first-order chi connectivity index (χ1) is 8.60. The summed E-state index contributed by atoms with van der Waals surface area (Å²) < 4.78 is 5.65. The maximum atomic E-state index is 5.17. The third-order valence-corrected chi connectivity index (χ3v) is 3.10. The molecule has 0 saturated carbocycles. The Balaban J connectivity index is 2.49. The molecule has 0 atom stereocenters. The Labute approximate surface area is 112 Å². The number of methoxy groups -OCH3 is 1. The first-order valence-electron chi connectivity index (χ1n) is 5.77. The lowest BCUT2D eigenvalue weighted by atomic mass is 10.0. The lowest BCUT2D eigenvalue weighted by Gasteiger charge is -2.07. The van der Waals surface area contributed by atoms with Crippen LogP contribution in [0.15, 0.2) is 24.3 Å². The maximum Gasteiger partial charge on any atom is 0.134 e. The highest BCUT2D eigenvalue weighted by Crippen LogP contribution is 2.20. The summed E-state index contributed by atoms with van der Waals surface area (Å²) in [4.78, 5) is 7.47. The van der Waals surface area contributed by atoms with Crippen LogP contribution in [-0.2, 0) is 11.3 Å². The van der Waals surface area contributed by atoms with E-state index in [1.165, 1.54) is 11.1 Å². The Morgan fingerprint density at radius 2 is 2.00 bits per heavy atom. The van der Waals surface area contributed by atoms with Gasteiger partial charge < -0.3 is 9.72 Å². The molecular weight excluding hydrogens is 244 g/mol. The van der Waals surface area contributed by atoms with Crippen LogP contribution >= 0.6 is 12.2 Å². The Hall–Kier alpha value is -1.52. The summed E-state index contributed by atoms with van der Waals surface area (Å²) in [5, 5.41) is 0. The van der Waals surface area contributed by atoms with Crippen molar-refractivity contribution in [1.29, 1.82) is 0 Å². The minimum absolute atomic E-state index is 0.433. The molecule has 1 N–H and O–H groups in total. The largest absolute Gasteiger partial charge is 0.377 e. The van der Waals surface area contributed by atoms with Crippen molar-refractivity contribution in [2.75, 3.05) is 7.11 Å². The zero-order valence-corrected chi connectivity index (χ0v) is 11.6. The van der Waals surface area contributed by atoms with Crippen LogP contribution in [0, 0.1) is 18.5 Å². The van der Waals surface area contributed by atoms with Gasteiger partial charge in [0.1, 0.15) is 17.1 Å². The molecule has 1 heterocycles. The summed E-state index contributed by atoms with van der Waals surface area (Å²) in [7, 11) is 1.64. The van der Waals surface area contributed by atoms with Crippen molar-refractivity contribution in [3.05, 3.63) is 45.9 Å². The quantitative estimate of drug-likeness (QED) is 0.857. The molecule has 0 fully saturated rings. The highest BCUT2D eigenvalue weighted by atomic mass is 32.1. The van der Waals surface area contributed by atoms with Crippen LogP contribution in [0.2, 0.25) is 0 Å². The smallest absolute Gasteiger partial charge is 0.134 e. The van der Waals surface area contributed by atoms with E-state index in [2.05, 4.69) is 42.0 Å². The summed E-state index contributed by atoms with van der Waals surface area (Å²) in [5.41, 5.74) is 4.63. The molecule has 2 aromatic rings. The molecule has 0 bridgehead atoms. The van der Waals surface area contributed by atoms with Crippen molar-refractivity contribution in [3.63, 3.8) is 0 Å².